The van der Waals surface area contributed by atoms with E-state index in [9.17, 15) is 4.39 Å². The highest BCUT2D eigenvalue weighted by Crippen LogP contribution is 2.46. The molecule has 2 aromatic rings. The summed E-state index contributed by atoms with van der Waals surface area (Å²) in [5.74, 6) is 2.11. The van der Waals surface area contributed by atoms with E-state index < -0.39 is 0 Å². The summed E-state index contributed by atoms with van der Waals surface area (Å²) in [6.07, 6.45) is 7.45. The third-order valence-corrected chi connectivity index (χ3v) is 6.42. The van der Waals surface area contributed by atoms with E-state index in [0.29, 0.717) is 17.6 Å². The minimum absolute atomic E-state index is 0.0356. The third-order valence-electron chi connectivity index (χ3n) is 6.42. The predicted octanol–water partition coefficient (Wildman–Crippen LogP) is 6.64. The van der Waals surface area contributed by atoms with Crippen LogP contribution in [0.1, 0.15) is 61.8 Å². The molecule has 0 aliphatic heterocycles. The number of rotatable bonds is 3. The highest BCUT2D eigenvalue weighted by Gasteiger charge is 2.38. The lowest BCUT2D eigenvalue weighted by atomic mass is 9.68. The Kier molecular flexibility index (Phi) is 5.02. The fraction of sp³-hybridized carbons (Fsp3) is 0.500. The topological polar surface area (TPSA) is 9.23 Å². The fourth-order valence-corrected chi connectivity index (χ4v) is 5.08. The van der Waals surface area contributed by atoms with Crippen LogP contribution in [0, 0.1) is 30.5 Å². The van der Waals surface area contributed by atoms with E-state index >= 15 is 0 Å². The Labute approximate surface area is 156 Å². The van der Waals surface area contributed by atoms with E-state index in [-0.39, 0.29) is 11.9 Å². The normalized spacial score (nSPS) is 28.4. The molecule has 4 atom stereocenters. The van der Waals surface area contributed by atoms with E-state index in [0.717, 1.165) is 24.3 Å². The van der Waals surface area contributed by atoms with Crippen molar-refractivity contribution in [2.45, 2.75) is 58.5 Å². The van der Waals surface area contributed by atoms with Crippen LogP contribution in [0.2, 0.25) is 0 Å². The molecule has 2 heteroatoms. The average molecular weight is 352 g/mol. The van der Waals surface area contributed by atoms with Crippen molar-refractivity contribution in [3.63, 3.8) is 0 Å². The first-order chi connectivity index (χ1) is 12.6. The van der Waals surface area contributed by atoms with Gasteiger partial charge in [0.1, 0.15) is 6.10 Å². The molecule has 0 saturated heterocycles. The summed E-state index contributed by atoms with van der Waals surface area (Å²) in [7, 11) is 0. The van der Waals surface area contributed by atoms with Gasteiger partial charge in [0.15, 0.2) is 11.6 Å². The molecular weight excluding hydrogens is 323 g/mol. The Bertz CT molecular complexity index is 769. The van der Waals surface area contributed by atoms with Crippen LogP contribution in [0.3, 0.4) is 0 Å². The van der Waals surface area contributed by atoms with E-state index in [1.54, 1.807) is 6.07 Å². The molecule has 26 heavy (non-hydrogen) atoms. The van der Waals surface area contributed by atoms with E-state index in [4.69, 9.17) is 4.74 Å². The monoisotopic (exact) mass is 352 g/mol. The van der Waals surface area contributed by atoms with Crippen LogP contribution in [-0.2, 0) is 6.42 Å². The molecule has 1 unspecified atom stereocenters. The Morgan fingerprint density at radius 2 is 1.88 bits per heavy atom. The zero-order valence-corrected chi connectivity index (χ0v) is 15.9. The molecule has 4 rings (SSSR count). The van der Waals surface area contributed by atoms with Gasteiger partial charge in [-0.3, -0.25) is 0 Å². The fourth-order valence-electron chi connectivity index (χ4n) is 5.08. The molecule has 0 aromatic heterocycles. The van der Waals surface area contributed by atoms with Gasteiger partial charge in [-0.1, -0.05) is 56.5 Å². The summed E-state index contributed by atoms with van der Waals surface area (Å²) >= 11 is 0. The van der Waals surface area contributed by atoms with E-state index in [1.807, 2.05) is 13.0 Å². The first-order valence-electron chi connectivity index (χ1n) is 10.1. The van der Waals surface area contributed by atoms with E-state index in [1.165, 1.54) is 42.9 Å². The maximum Gasteiger partial charge on any atom is 0.165 e. The van der Waals surface area contributed by atoms with Crippen molar-refractivity contribution in [2.24, 2.45) is 17.8 Å². The first-order valence-corrected chi connectivity index (χ1v) is 10.1. The number of hydrogen-bond acceptors (Lipinski definition) is 1. The molecule has 2 aromatic carbocycles. The number of halogens is 1. The van der Waals surface area contributed by atoms with Crippen LogP contribution in [0.4, 0.5) is 4.39 Å². The van der Waals surface area contributed by atoms with Gasteiger partial charge >= 0.3 is 0 Å². The summed E-state index contributed by atoms with van der Waals surface area (Å²) in [6, 6.07) is 13.8. The Morgan fingerprint density at radius 3 is 2.73 bits per heavy atom. The molecule has 0 N–H and O–H groups in total. The summed E-state index contributed by atoms with van der Waals surface area (Å²) in [4.78, 5) is 0. The second kappa shape index (κ2) is 7.42. The van der Waals surface area contributed by atoms with Crippen molar-refractivity contribution < 1.29 is 9.13 Å². The van der Waals surface area contributed by atoms with Crippen LogP contribution < -0.4 is 4.74 Å². The van der Waals surface area contributed by atoms with Crippen LogP contribution in [0.25, 0.3) is 0 Å². The second-order valence-corrected chi connectivity index (χ2v) is 8.41. The predicted molar refractivity (Wildman–Crippen MR) is 104 cm³/mol. The van der Waals surface area contributed by atoms with Gasteiger partial charge in [0.2, 0.25) is 0 Å². The molecular formula is C24H29FO. The molecule has 0 amide bonds. The number of hydrogen-bond donors (Lipinski definition) is 0. The third kappa shape index (κ3) is 3.51. The van der Waals surface area contributed by atoms with Gasteiger partial charge in [-0.15, -0.1) is 0 Å². The standard InChI is InChI=1S/C24H29FO/c1-16-6-5-8-19(14-16)21-12-11-18-7-3-4-9-20(18)24(21)26-23-15-17(2)10-13-22(23)25/h3-4,7,9-10,13,15-16,19,21,24H,5-6,8,11-12,14H2,1-2H3/t16-,19+,21?,24+/m1/s1. The minimum atomic E-state index is -0.255. The SMILES string of the molecule is Cc1ccc(F)c(O[C@H]2c3ccccc3CCC2[C@H]2CCC[C@@H](C)C2)c1. The number of ether oxygens (including phenoxy) is 1. The number of benzene rings is 2. The van der Waals surface area contributed by atoms with E-state index in [2.05, 4.69) is 31.2 Å². The zero-order valence-electron chi connectivity index (χ0n) is 15.9. The lowest BCUT2D eigenvalue weighted by Crippen LogP contribution is -2.33. The minimum Gasteiger partial charge on any atom is -0.482 e. The first kappa shape index (κ1) is 17.6. The van der Waals surface area contributed by atoms with Crippen molar-refractivity contribution >= 4 is 0 Å². The van der Waals surface area contributed by atoms with Crippen molar-refractivity contribution in [3.05, 3.63) is 65.0 Å². The van der Waals surface area contributed by atoms with Crippen LogP contribution in [0.5, 0.6) is 5.75 Å². The molecule has 1 saturated carbocycles. The Morgan fingerprint density at radius 1 is 1.04 bits per heavy atom. The summed E-state index contributed by atoms with van der Waals surface area (Å²) in [6.45, 7) is 4.36. The van der Waals surface area contributed by atoms with Crippen LogP contribution in [0.15, 0.2) is 42.5 Å². The zero-order chi connectivity index (χ0) is 18.1. The smallest absolute Gasteiger partial charge is 0.165 e. The van der Waals surface area contributed by atoms with Gasteiger partial charge in [-0.05, 0) is 66.8 Å². The largest absolute Gasteiger partial charge is 0.482 e. The lowest BCUT2D eigenvalue weighted by molar-refractivity contribution is 0.0519. The number of fused-ring (bicyclic) bond motifs is 1. The van der Waals surface area contributed by atoms with Gasteiger partial charge in [0.25, 0.3) is 0 Å². The van der Waals surface area contributed by atoms with Crippen LogP contribution >= 0.6 is 0 Å². The molecule has 0 bridgehead atoms. The van der Waals surface area contributed by atoms with Gasteiger partial charge < -0.3 is 4.74 Å². The molecule has 0 spiro atoms. The molecule has 1 nitrogen and oxygen atoms in total. The summed E-state index contributed by atoms with van der Waals surface area (Å²) < 4.78 is 20.8. The molecule has 138 valence electrons. The van der Waals surface area contributed by atoms with Crippen LogP contribution in [-0.4, -0.2) is 0 Å². The highest BCUT2D eigenvalue weighted by molar-refractivity contribution is 5.35. The van der Waals surface area contributed by atoms with Crippen molar-refractivity contribution in [2.75, 3.05) is 0 Å². The van der Waals surface area contributed by atoms with Gasteiger partial charge in [-0.25, -0.2) is 4.39 Å². The highest BCUT2D eigenvalue weighted by atomic mass is 19.1. The van der Waals surface area contributed by atoms with Crippen molar-refractivity contribution in [1.29, 1.82) is 0 Å². The Balaban J connectivity index is 1.68. The van der Waals surface area contributed by atoms with Gasteiger partial charge in [-0.2, -0.15) is 0 Å². The van der Waals surface area contributed by atoms with Crippen molar-refractivity contribution in [1.82, 2.24) is 0 Å². The molecule has 1 fully saturated rings. The molecule has 0 radical (unpaired) electrons. The second-order valence-electron chi connectivity index (χ2n) is 8.41. The average Bonchev–Trinajstić information content (AvgIpc) is 2.65. The Hall–Kier alpha value is -1.83. The molecule has 0 heterocycles. The summed E-state index contributed by atoms with van der Waals surface area (Å²) in [5.41, 5.74) is 3.67. The summed E-state index contributed by atoms with van der Waals surface area (Å²) in [5, 5.41) is 0. The maximum atomic E-state index is 14.4. The number of aryl methyl sites for hydroxylation is 2. The molecule has 2 aliphatic rings. The van der Waals surface area contributed by atoms with Crippen molar-refractivity contribution in [3.8, 4) is 5.75 Å². The van der Waals surface area contributed by atoms with Gasteiger partial charge in [0.05, 0.1) is 0 Å². The lowest BCUT2D eigenvalue weighted by Gasteiger charge is -2.41. The quantitative estimate of drug-likeness (QED) is 0.601. The maximum absolute atomic E-state index is 14.4. The molecule has 2 aliphatic carbocycles. The van der Waals surface area contributed by atoms with Gasteiger partial charge in [0, 0.05) is 5.92 Å².